The maximum atomic E-state index is 10.1. The highest BCUT2D eigenvalue weighted by Crippen LogP contribution is 2.40. The molecule has 1 aliphatic carbocycles. The van der Waals surface area contributed by atoms with Crippen molar-refractivity contribution in [2.24, 2.45) is 4.99 Å². The van der Waals surface area contributed by atoms with E-state index in [1.807, 2.05) is 17.0 Å². The molecule has 3 aliphatic rings. The number of aliphatic imine (C=N–C) groups is 1. The van der Waals surface area contributed by atoms with Crippen LogP contribution < -0.4 is 9.64 Å². The van der Waals surface area contributed by atoms with Gasteiger partial charge in [0.15, 0.2) is 0 Å². The third-order valence-corrected chi connectivity index (χ3v) is 5.82. The van der Waals surface area contributed by atoms with Crippen molar-refractivity contribution in [2.75, 3.05) is 25.1 Å². The number of ether oxygens (including phenoxy) is 2. The van der Waals surface area contributed by atoms with Crippen LogP contribution in [0.4, 0.5) is 5.82 Å². The summed E-state index contributed by atoms with van der Waals surface area (Å²) >= 11 is 0. The first-order valence-corrected chi connectivity index (χ1v) is 9.70. The Balaban J connectivity index is 1.42. The van der Waals surface area contributed by atoms with Gasteiger partial charge in [-0.25, -0.2) is 9.97 Å². The summed E-state index contributed by atoms with van der Waals surface area (Å²) in [5.74, 6) is 1.66. The number of hydrogen-bond acceptors (Lipinski definition) is 7. The van der Waals surface area contributed by atoms with Gasteiger partial charge in [0.25, 0.3) is 0 Å². The summed E-state index contributed by atoms with van der Waals surface area (Å²) in [5.41, 5.74) is 3.89. The first-order chi connectivity index (χ1) is 13.5. The van der Waals surface area contributed by atoms with Crippen molar-refractivity contribution in [3.63, 3.8) is 0 Å². The lowest BCUT2D eigenvalue weighted by molar-refractivity contribution is 0.0217. The van der Waals surface area contributed by atoms with Crippen molar-refractivity contribution in [2.45, 2.75) is 44.1 Å². The molecule has 1 saturated carbocycles. The highest BCUT2D eigenvalue weighted by Gasteiger charge is 2.40. The Bertz CT molecular complexity index is 941. The maximum absolute atomic E-state index is 10.1. The number of β-amino-alcohol motifs (C(OH)–C–C–N with tert-alkyl or cyclic N) is 1. The summed E-state index contributed by atoms with van der Waals surface area (Å²) in [6.45, 7) is 3.89. The van der Waals surface area contributed by atoms with Gasteiger partial charge in [0.05, 0.1) is 24.1 Å². The molecule has 2 atom stereocenters. The molecule has 0 amide bonds. The van der Waals surface area contributed by atoms with Gasteiger partial charge in [-0.1, -0.05) is 6.07 Å². The van der Waals surface area contributed by atoms with Gasteiger partial charge in [0, 0.05) is 31.8 Å². The lowest BCUT2D eigenvalue weighted by atomic mass is 10.0. The summed E-state index contributed by atoms with van der Waals surface area (Å²) in [6.07, 6.45) is 3.04. The molecule has 0 bridgehead atoms. The standard InChI is InChI=1S/C21H24N4O3/c1-21(5-6-21)28-14-4-3-13-9-22-20(15(13)7-14)16-8-19(24-12-23-16)25-10-17(26)18(11-25)27-2/h3-4,7-8,12,17-18,26H,5-6,9-11H2,1-2H3/t17-,18-/m0/s1. The molecule has 2 fully saturated rings. The molecule has 1 N–H and O–H groups in total. The monoisotopic (exact) mass is 380 g/mol. The third kappa shape index (κ3) is 3.14. The number of methoxy groups -OCH3 is 1. The van der Waals surface area contributed by atoms with E-state index >= 15 is 0 Å². The van der Waals surface area contributed by atoms with Crippen LogP contribution in [0.1, 0.15) is 36.6 Å². The summed E-state index contributed by atoms with van der Waals surface area (Å²) in [4.78, 5) is 15.6. The lowest BCUT2D eigenvalue weighted by Gasteiger charge is -2.17. The Labute approximate surface area is 164 Å². The van der Waals surface area contributed by atoms with E-state index in [1.54, 1.807) is 13.4 Å². The molecule has 146 valence electrons. The van der Waals surface area contributed by atoms with Crippen molar-refractivity contribution in [3.8, 4) is 5.75 Å². The van der Waals surface area contributed by atoms with E-state index in [9.17, 15) is 5.11 Å². The summed E-state index contributed by atoms with van der Waals surface area (Å²) in [7, 11) is 1.62. The van der Waals surface area contributed by atoms with Crippen LogP contribution >= 0.6 is 0 Å². The van der Waals surface area contributed by atoms with Crippen LogP contribution in [-0.2, 0) is 11.3 Å². The lowest BCUT2D eigenvalue weighted by Crippen LogP contribution is -2.25. The Morgan fingerprint density at radius 2 is 2.04 bits per heavy atom. The molecule has 7 heteroatoms. The second-order valence-corrected chi connectivity index (χ2v) is 8.04. The van der Waals surface area contributed by atoms with Crippen molar-refractivity contribution in [1.29, 1.82) is 0 Å². The number of fused-ring (bicyclic) bond motifs is 1. The van der Waals surface area contributed by atoms with E-state index in [1.165, 1.54) is 5.56 Å². The molecule has 1 aromatic carbocycles. The van der Waals surface area contributed by atoms with Crippen LogP contribution in [0.5, 0.6) is 5.75 Å². The minimum atomic E-state index is -0.517. The van der Waals surface area contributed by atoms with E-state index in [4.69, 9.17) is 14.5 Å². The molecule has 1 aromatic heterocycles. The summed E-state index contributed by atoms with van der Waals surface area (Å²) < 4.78 is 11.5. The Morgan fingerprint density at radius 3 is 2.79 bits per heavy atom. The average molecular weight is 380 g/mol. The predicted octanol–water partition coefficient (Wildman–Crippen LogP) is 1.95. The van der Waals surface area contributed by atoms with Gasteiger partial charge in [0.1, 0.15) is 29.6 Å². The summed E-state index contributed by atoms with van der Waals surface area (Å²) in [6, 6.07) is 8.14. The van der Waals surface area contributed by atoms with E-state index in [0.29, 0.717) is 19.6 Å². The molecular weight excluding hydrogens is 356 g/mol. The van der Waals surface area contributed by atoms with Gasteiger partial charge in [-0.15, -0.1) is 0 Å². The fourth-order valence-corrected chi connectivity index (χ4v) is 3.83. The second-order valence-electron chi connectivity index (χ2n) is 8.04. The van der Waals surface area contributed by atoms with Crippen LogP contribution in [0.25, 0.3) is 0 Å². The zero-order valence-corrected chi connectivity index (χ0v) is 16.1. The van der Waals surface area contributed by atoms with Gasteiger partial charge < -0.3 is 19.5 Å². The van der Waals surface area contributed by atoms with Crippen LogP contribution in [0, 0.1) is 0 Å². The van der Waals surface area contributed by atoms with Crippen molar-refractivity contribution in [1.82, 2.24) is 9.97 Å². The fraction of sp³-hybridized carbons (Fsp3) is 0.476. The van der Waals surface area contributed by atoms with Gasteiger partial charge >= 0.3 is 0 Å². The van der Waals surface area contributed by atoms with Gasteiger partial charge in [-0.2, -0.15) is 0 Å². The molecule has 5 rings (SSSR count). The molecule has 2 aliphatic heterocycles. The third-order valence-electron chi connectivity index (χ3n) is 5.82. The highest BCUT2D eigenvalue weighted by molar-refractivity contribution is 6.14. The molecule has 2 aromatic rings. The predicted molar refractivity (Wildman–Crippen MR) is 105 cm³/mol. The first-order valence-electron chi connectivity index (χ1n) is 9.70. The Morgan fingerprint density at radius 1 is 1.18 bits per heavy atom. The van der Waals surface area contributed by atoms with Crippen molar-refractivity contribution >= 4 is 11.5 Å². The van der Waals surface area contributed by atoms with Crippen molar-refractivity contribution < 1.29 is 14.6 Å². The molecule has 1 saturated heterocycles. The zero-order valence-electron chi connectivity index (χ0n) is 16.1. The smallest absolute Gasteiger partial charge is 0.132 e. The molecule has 7 nitrogen and oxygen atoms in total. The minimum Gasteiger partial charge on any atom is -0.488 e. The maximum Gasteiger partial charge on any atom is 0.132 e. The molecule has 0 unspecified atom stereocenters. The molecule has 3 heterocycles. The molecular formula is C21H24N4O3. The number of benzene rings is 1. The van der Waals surface area contributed by atoms with Crippen molar-refractivity contribution in [3.05, 3.63) is 47.4 Å². The molecule has 0 spiro atoms. The normalized spacial score (nSPS) is 24.8. The second kappa shape index (κ2) is 6.53. The largest absolute Gasteiger partial charge is 0.488 e. The van der Waals surface area contributed by atoms with Gasteiger partial charge in [0.2, 0.25) is 0 Å². The quantitative estimate of drug-likeness (QED) is 0.854. The summed E-state index contributed by atoms with van der Waals surface area (Å²) in [5, 5.41) is 10.1. The van der Waals surface area contributed by atoms with Gasteiger partial charge in [-0.3, -0.25) is 4.99 Å². The number of nitrogens with zero attached hydrogens (tertiary/aromatic N) is 4. The van der Waals surface area contributed by atoms with E-state index < -0.39 is 6.10 Å². The zero-order chi connectivity index (χ0) is 19.3. The first kappa shape index (κ1) is 17.6. The number of aliphatic hydroxyl groups excluding tert-OH is 1. The van der Waals surface area contributed by atoms with Gasteiger partial charge in [-0.05, 0) is 37.5 Å². The van der Waals surface area contributed by atoms with E-state index in [2.05, 4.69) is 29.0 Å². The number of aromatic nitrogens is 2. The van der Waals surface area contributed by atoms with Crippen LogP contribution in [0.3, 0.4) is 0 Å². The van der Waals surface area contributed by atoms with E-state index in [0.717, 1.165) is 41.4 Å². The van der Waals surface area contributed by atoms with Crippen LogP contribution in [0.15, 0.2) is 35.6 Å². The van der Waals surface area contributed by atoms with Crippen LogP contribution in [-0.4, -0.2) is 58.8 Å². The number of aliphatic hydroxyl groups is 1. The Hall–Kier alpha value is -2.51. The Kier molecular flexibility index (Phi) is 4.10. The fourth-order valence-electron chi connectivity index (χ4n) is 3.83. The average Bonchev–Trinajstić information content (AvgIpc) is 3.12. The van der Waals surface area contributed by atoms with E-state index in [-0.39, 0.29) is 11.7 Å². The number of hydrogen-bond donors (Lipinski definition) is 1. The molecule has 0 radical (unpaired) electrons. The number of anilines is 1. The SMILES string of the molecule is CO[C@H]1CN(c2cc(C3=NCc4ccc(OC5(C)CC5)cc43)ncn2)C[C@@H]1O. The van der Waals surface area contributed by atoms with Crippen LogP contribution in [0.2, 0.25) is 0 Å². The number of rotatable bonds is 5. The molecule has 28 heavy (non-hydrogen) atoms. The highest BCUT2D eigenvalue weighted by atomic mass is 16.5. The minimum absolute atomic E-state index is 0.0132. The topological polar surface area (TPSA) is 80.1 Å².